The molecule has 21 heavy (non-hydrogen) atoms. The van der Waals surface area contributed by atoms with Crippen LogP contribution in [0.4, 0.5) is 0 Å². The van der Waals surface area contributed by atoms with Gasteiger partial charge < -0.3 is 9.30 Å². The third kappa shape index (κ3) is 3.49. The molecule has 1 unspecified atom stereocenters. The lowest BCUT2D eigenvalue weighted by Gasteiger charge is -2.24. The van der Waals surface area contributed by atoms with Crippen LogP contribution in [0.3, 0.4) is 0 Å². The number of aromatic nitrogens is 2. The number of hydrogen-bond acceptors (Lipinski definition) is 3. The third-order valence-corrected chi connectivity index (χ3v) is 4.95. The molecule has 2 rings (SSSR count). The van der Waals surface area contributed by atoms with Gasteiger partial charge in [0, 0.05) is 11.3 Å². The summed E-state index contributed by atoms with van der Waals surface area (Å²) in [5.74, 6) is 1.73. The molecule has 3 nitrogen and oxygen atoms in total. The normalized spacial score (nSPS) is 13.6. The Hall–Kier alpha value is -0.870. The molecular formula is C16H23ClN2OS. The number of imidazole rings is 1. The minimum absolute atomic E-state index is 0.121. The smallest absolute Gasteiger partial charge is 0.147 e. The van der Waals surface area contributed by atoms with Gasteiger partial charge in [-0.1, -0.05) is 6.07 Å². The van der Waals surface area contributed by atoms with Crippen molar-refractivity contribution in [3.8, 4) is 5.75 Å². The first-order valence-electron chi connectivity index (χ1n) is 7.20. The highest BCUT2D eigenvalue weighted by Gasteiger charge is 2.23. The molecule has 5 heteroatoms. The van der Waals surface area contributed by atoms with E-state index >= 15 is 0 Å². The lowest BCUT2D eigenvalue weighted by molar-refractivity contribution is 0.343. The second-order valence-corrected chi connectivity index (χ2v) is 7.86. The molecule has 0 saturated heterocycles. The van der Waals surface area contributed by atoms with Gasteiger partial charge in [0.1, 0.15) is 17.1 Å². The molecule has 1 atom stereocenters. The van der Waals surface area contributed by atoms with E-state index in [1.165, 1.54) is 0 Å². The Kier molecular flexibility index (Phi) is 5.10. The number of para-hydroxylation sites is 1. The summed E-state index contributed by atoms with van der Waals surface area (Å²) >= 11 is 8.20. The molecule has 0 spiro atoms. The van der Waals surface area contributed by atoms with Crippen molar-refractivity contribution in [1.82, 2.24) is 9.55 Å². The van der Waals surface area contributed by atoms with Gasteiger partial charge in [-0.05, 0) is 46.1 Å². The molecule has 0 fully saturated rings. The van der Waals surface area contributed by atoms with E-state index in [0.29, 0.717) is 6.61 Å². The Bertz CT molecular complexity index is 622. The van der Waals surface area contributed by atoms with Crippen LogP contribution >= 0.6 is 23.4 Å². The van der Waals surface area contributed by atoms with E-state index in [9.17, 15) is 0 Å². The molecule has 0 N–H and O–H groups in total. The molecule has 0 saturated carbocycles. The minimum atomic E-state index is -0.135. The Morgan fingerprint density at radius 2 is 2.14 bits per heavy atom. The van der Waals surface area contributed by atoms with E-state index in [4.69, 9.17) is 21.3 Å². The maximum atomic E-state index is 6.35. The van der Waals surface area contributed by atoms with Crippen molar-refractivity contribution in [3.63, 3.8) is 0 Å². The topological polar surface area (TPSA) is 27.1 Å². The van der Waals surface area contributed by atoms with Crippen molar-refractivity contribution < 1.29 is 4.74 Å². The Balaban J connectivity index is 2.61. The van der Waals surface area contributed by atoms with Crippen molar-refractivity contribution >= 4 is 34.4 Å². The van der Waals surface area contributed by atoms with E-state index in [0.717, 1.165) is 29.2 Å². The lowest BCUT2D eigenvalue weighted by Crippen LogP contribution is -2.23. The molecule has 0 bridgehead atoms. The summed E-state index contributed by atoms with van der Waals surface area (Å²) in [6, 6.07) is 6.07. The van der Waals surface area contributed by atoms with Gasteiger partial charge in [0.25, 0.3) is 0 Å². The molecular weight excluding hydrogens is 304 g/mol. The summed E-state index contributed by atoms with van der Waals surface area (Å²) in [4.78, 5) is 4.75. The van der Waals surface area contributed by atoms with Crippen molar-refractivity contribution in [2.45, 2.75) is 44.4 Å². The largest absolute Gasteiger partial charge is 0.492 e. The summed E-state index contributed by atoms with van der Waals surface area (Å²) in [5.41, 5.74) is 1.99. The molecule has 116 valence electrons. The first kappa shape index (κ1) is 16.5. The van der Waals surface area contributed by atoms with E-state index in [-0.39, 0.29) is 10.1 Å². The molecule has 0 aliphatic rings. The average molecular weight is 327 g/mol. The number of halogens is 1. The Morgan fingerprint density at radius 1 is 1.43 bits per heavy atom. The van der Waals surface area contributed by atoms with Crippen LogP contribution in [0.15, 0.2) is 18.2 Å². The summed E-state index contributed by atoms with van der Waals surface area (Å²) < 4.78 is 8.05. The molecule has 0 aliphatic carbocycles. The predicted molar refractivity (Wildman–Crippen MR) is 92.8 cm³/mol. The first-order chi connectivity index (χ1) is 9.89. The molecule has 1 aromatic carbocycles. The van der Waals surface area contributed by atoms with Crippen LogP contribution in [0.2, 0.25) is 0 Å². The van der Waals surface area contributed by atoms with Gasteiger partial charge in [-0.15, -0.1) is 11.6 Å². The molecule has 1 heterocycles. The maximum absolute atomic E-state index is 6.35. The van der Waals surface area contributed by atoms with Crippen LogP contribution in [0.25, 0.3) is 11.0 Å². The molecule has 0 radical (unpaired) electrons. The number of benzene rings is 1. The van der Waals surface area contributed by atoms with Gasteiger partial charge in [-0.25, -0.2) is 4.98 Å². The standard InChI is InChI=1S/C16H23ClN2OS/c1-6-20-13-9-7-8-12-14(13)18-15(11(2)17)19(12)10-16(3,4)21-5/h7-9,11H,6,10H2,1-5H3. The zero-order valence-electron chi connectivity index (χ0n) is 13.3. The zero-order valence-corrected chi connectivity index (χ0v) is 14.9. The number of ether oxygens (including phenoxy) is 1. The molecule has 2 aromatic rings. The minimum Gasteiger partial charge on any atom is -0.492 e. The summed E-state index contributed by atoms with van der Waals surface area (Å²) in [7, 11) is 0. The predicted octanol–water partition coefficient (Wildman–Crippen LogP) is 4.88. The highest BCUT2D eigenvalue weighted by atomic mass is 35.5. The highest BCUT2D eigenvalue weighted by molar-refractivity contribution is 7.99. The fourth-order valence-electron chi connectivity index (χ4n) is 2.33. The summed E-state index contributed by atoms with van der Waals surface area (Å²) in [6.45, 7) is 9.92. The average Bonchev–Trinajstić information content (AvgIpc) is 2.79. The van der Waals surface area contributed by atoms with Crippen molar-refractivity contribution in [2.24, 2.45) is 0 Å². The summed E-state index contributed by atoms with van der Waals surface area (Å²) in [6.07, 6.45) is 2.13. The second-order valence-electron chi connectivity index (χ2n) is 5.69. The van der Waals surface area contributed by atoms with Crippen LogP contribution in [0, 0.1) is 0 Å². The van der Waals surface area contributed by atoms with Gasteiger partial charge >= 0.3 is 0 Å². The number of hydrogen-bond donors (Lipinski definition) is 0. The highest BCUT2D eigenvalue weighted by Crippen LogP contribution is 2.33. The van der Waals surface area contributed by atoms with E-state index in [1.54, 1.807) is 0 Å². The van der Waals surface area contributed by atoms with Gasteiger partial charge in [0.15, 0.2) is 0 Å². The van der Waals surface area contributed by atoms with Gasteiger partial charge in [-0.2, -0.15) is 11.8 Å². The quantitative estimate of drug-likeness (QED) is 0.708. The Labute approximate surface area is 136 Å². The van der Waals surface area contributed by atoms with Crippen LogP contribution in [-0.4, -0.2) is 27.2 Å². The van der Waals surface area contributed by atoms with Crippen LogP contribution in [0.1, 0.15) is 38.9 Å². The molecule has 0 aliphatic heterocycles. The van der Waals surface area contributed by atoms with Gasteiger partial charge in [0.2, 0.25) is 0 Å². The summed E-state index contributed by atoms with van der Waals surface area (Å²) in [5, 5.41) is -0.135. The monoisotopic (exact) mass is 326 g/mol. The first-order valence-corrected chi connectivity index (χ1v) is 8.87. The van der Waals surface area contributed by atoms with Crippen molar-refractivity contribution in [3.05, 3.63) is 24.0 Å². The van der Waals surface area contributed by atoms with E-state index < -0.39 is 0 Å². The number of thioether (sulfide) groups is 1. The number of rotatable bonds is 6. The SMILES string of the molecule is CCOc1cccc2c1nc(C(C)Cl)n2CC(C)(C)SC. The van der Waals surface area contributed by atoms with E-state index in [2.05, 4.69) is 30.7 Å². The second kappa shape index (κ2) is 6.49. The number of nitrogens with zero attached hydrogens (tertiary/aromatic N) is 2. The number of fused-ring (bicyclic) bond motifs is 1. The lowest BCUT2D eigenvalue weighted by atomic mass is 10.2. The maximum Gasteiger partial charge on any atom is 0.147 e. The fraction of sp³-hybridized carbons (Fsp3) is 0.562. The Morgan fingerprint density at radius 3 is 2.71 bits per heavy atom. The van der Waals surface area contributed by atoms with Gasteiger partial charge in [-0.3, -0.25) is 0 Å². The van der Waals surface area contributed by atoms with Crippen LogP contribution in [0.5, 0.6) is 5.75 Å². The third-order valence-electron chi connectivity index (χ3n) is 3.52. The zero-order chi connectivity index (χ0) is 15.6. The van der Waals surface area contributed by atoms with Crippen LogP contribution in [-0.2, 0) is 6.54 Å². The van der Waals surface area contributed by atoms with Crippen molar-refractivity contribution in [2.75, 3.05) is 12.9 Å². The van der Waals surface area contributed by atoms with E-state index in [1.807, 2.05) is 37.7 Å². The van der Waals surface area contributed by atoms with Crippen LogP contribution < -0.4 is 4.74 Å². The fourth-order valence-corrected chi connectivity index (χ4v) is 2.75. The van der Waals surface area contributed by atoms with Gasteiger partial charge in [0.05, 0.1) is 17.5 Å². The molecule has 1 aromatic heterocycles. The van der Waals surface area contributed by atoms with Crippen molar-refractivity contribution in [1.29, 1.82) is 0 Å². The number of alkyl halides is 1. The molecule has 0 amide bonds.